The number of carbonyl (C=O) groups is 2. The lowest BCUT2D eigenvalue weighted by atomic mass is 10.1. The molecule has 0 bridgehead atoms. The molecule has 1 amide bonds. The molecule has 0 saturated heterocycles. The normalized spacial score (nSPS) is 14.6. The number of allylic oxidation sites excluding steroid dienone is 1. The van der Waals surface area contributed by atoms with Crippen molar-refractivity contribution in [1.82, 2.24) is 5.32 Å². The van der Waals surface area contributed by atoms with E-state index in [9.17, 15) is 9.59 Å². The van der Waals surface area contributed by atoms with Crippen LogP contribution in [-0.4, -0.2) is 11.7 Å². The van der Waals surface area contributed by atoms with E-state index in [-0.39, 0.29) is 11.7 Å². The largest absolute Gasteiger partial charge is 0.320 e. The highest BCUT2D eigenvalue weighted by Gasteiger charge is 2.41. The van der Waals surface area contributed by atoms with Crippen molar-refractivity contribution in [2.75, 3.05) is 0 Å². The van der Waals surface area contributed by atoms with Gasteiger partial charge in [-0.1, -0.05) is 54.6 Å². The number of benzene rings is 3. The van der Waals surface area contributed by atoms with Gasteiger partial charge in [0.1, 0.15) is 10.9 Å². The summed E-state index contributed by atoms with van der Waals surface area (Å²) in [6.07, 6.45) is 0.291. The molecule has 2 aliphatic rings. The minimum absolute atomic E-state index is 0.0215. The summed E-state index contributed by atoms with van der Waals surface area (Å²) in [5, 5.41) is 15.0. The molecule has 0 fully saturated rings. The number of hydrogen-bond acceptors (Lipinski definition) is 6. The third kappa shape index (κ3) is 4.10. The highest BCUT2D eigenvalue weighted by molar-refractivity contribution is 7.20. The molecule has 0 radical (unpaired) electrons. The molecule has 0 spiro atoms. The van der Waals surface area contributed by atoms with Gasteiger partial charge in [-0.15, -0.1) is 34.0 Å². The predicted molar refractivity (Wildman–Crippen MR) is 162 cm³/mol. The molecule has 3 aromatic heterocycles. The zero-order chi connectivity index (χ0) is 26.5. The molecule has 1 aliphatic carbocycles. The maximum absolute atomic E-state index is 12.9. The van der Waals surface area contributed by atoms with Crippen LogP contribution < -0.4 is 5.32 Å². The standard InChI is InChI=1S/C23H13NO2S2.C9H5NS/c25-15-11-14(18-9-12-5-1-3-7-16(12)27-18)20-21(15)22(24-23(20)26)19-10-13-6-2-4-8-17(13)28-19;10-6-8-5-7-3-1-2-4-9(7)11-8/h1-10H,11H2,(H,24,26);1-5H. The van der Waals surface area contributed by atoms with E-state index in [4.69, 9.17) is 5.26 Å². The van der Waals surface area contributed by atoms with E-state index >= 15 is 0 Å². The monoisotopic (exact) mass is 558 g/mol. The molecule has 1 aliphatic heterocycles. The van der Waals surface area contributed by atoms with Crippen molar-refractivity contribution in [3.63, 3.8) is 0 Å². The second-order valence-electron chi connectivity index (χ2n) is 9.21. The summed E-state index contributed by atoms with van der Waals surface area (Å²) in [7, 11) is 0. The zero-order valence-corrected chi connectivity index (χ0v) is 22.8. The van der Waals surface area contributed by atoms with E-state index in [1.54, 1.807) is 22.7 Å². The van der Waals surface area contributed by atoms with Gasteiger partial charge in [0.2, 0.25) is 0 Å². The second-order valence-corrected chi connectivity index (χ2v) is 12.5. The number of amides is 1. The van der Waals surface area contributed by atoms with Crippen molar-refractivity contribution in [2.45, 2.75) is 6.42 Å². The number of carbonyl (C=O) groups excluding carboxylic acids is 2. The maximum Gasteiger partial charge on any atom is 0.256 e. The van der Waals surface area contributed by atoms with Crippen molar-refractivity contribution in [2.24, 2.45) is 0 Å². The summed E-state index contributed by atoms with van der Waals surface area (Å²) in [5.74, 6) is -0.144. The van der Waals surface area contributed by atoms with Gasteiger partial charge < -0.3 is 5.32 Å². The summed E-state index contributed by atoms with van der Waals surface area (Å²) >= 11 is 4.78. The Balaban J connectivity index is 0.000000193. The Morgan fingerprint density at radius 2 is 1.21 bits per heavy atom. The SMILES string of the molecule is N#Cc1cc2ccccc2s1.O=C1CC(c2cc3ccccc3s2)=C2C(=O)NC(c3cc4ccccc4s3)=C12. The van der Waals surface area contributed by atoms with E-state index in [0.717, 1.165) is 41.1 Å². The minimum Gasteiger partial charge on any atom is -0.320 e. The Labute approximate surface area is 235 Å². The molecule has 4 heterocycles. The first kappa shape index (κ1) is 23.7. The van der Waals surface area contributed by atoms with E-state index in [2.05, 4.69) is 41.7 Å². The summed E-state index contributed by atoms with van der Waals surface area (Å²) in [6.45, 7) is 0. The number of hydrogen-bond donors (Lipinski definition) is 1. The summed E-state index contributed by atoms with van der Waals surface area (Å²) in [4.78, 5) is 28.5. The number of ketones is 1. The van der Waals surface area contributed by atoms with E-state index in [1.807, 2.05) is 60.7 Å². The van der Waals surface area contributed by atoms with Crippen LogP contribution in [-0.2, 0) is 9.59 Å². The number of Topliss-reactive ketones (excluding diaryl/α,β-unsaturated/α-hetero) is 1. The lowest BCUT2D eigenvalue weighted by Crippen LogP contribution is -2.16. The molecule has 3 aromatic carbocycles. The first-order valence-corrected chi connectivity index (χ1v) is 14.7. The van der Waals surface area contributed by atoms with Gasteiger partial charge in [-0.25, -0.2) is 0 Å². The second kappa shape index (κ2) is 9.44. The molecular weight excluding hydrogens is 541 g/mol. The third-order valence-corrected chi connectivity index (χ3v) is 10.1. The topological polar surface area (TPSA) is 70.0 Å². The minimum atomic E-state index is -0.166. The number of thiophene rings is 3. The summed E-state index contributed by atoms with van der Waals surface area (Å²) in [6, 6.07) is 32.4. The van der Waals surface area contributed by atoms with Crippen LogP contribution in [0.4, 0.5) is 0 Å². The van der Waals surface area contributed by atoms with Gasteiger partial charge in [0.05, 0.1) is 21.7 Å². The molecule has 8 rings (SSSR count). The van der Waals surface area contributed by atoms with Crippen LogP contribution in [0.3, 0.4) is 0 Å². The van der Waals surface area contributed by atoms with Crippen LogP contribution in [0.5, 0.6) is 0 Å². The van der Waals surface area contributed by atoms with Crippen molar-refractivity contribution in [3.8, 4) is 6.07 Å². The first-order valence-electron chi connectivity index (χ1n) is 12.3. The molecule has 186 valence electrons. The van der Waals surface area contributed by atoms with Crippen LogP contribution in [0.15, 0.2) is 102 Å². The van der Waals surface area contributed by atoms with Crippen LogP contribution in [0, 0.1) is 11.3 Å². The number of rotatable bonds is 2. The van der Waals surface area contributed by atoms with Gasteiger partial charge in [-0.2, -0.15) is 5.26 Å². The average molecular weight is 559 g/mol. The molecular formula is C32H18N2O2S3. The molecule has 4 nitrogen and oxygen atoms in total. The Morgan fingerprint density at radius 1 is 0.667 bits per heavy atom. The number of nitrogens with one attached hydrogen (secondary N) is 1. The zero-order valence-electron chi connectivity index (χ0n) is 20.4. The van der Waals surface area contributed by atoms with Crippen molar-refractivity contribution >= 4 is 87.2 Å². The summed E-state index contributed by atoms with van der Waals surface area (Å²) in [5.41, 5.74) is 2.64. The number of nitriles is 1. The third-order valence-electron chi connectivity index (χ3n) is 6.81. The van der Waals surface area contributed by atoms with Crippen molar-refractivity contribution in [3.05, 3.63) is 117 Å². The van der Waals surface area contributed by atoms with E-state index in [0.29, 0.717) is 23.3 Å². The number of fused-ring (bicyclic) bond motifs is 4. The Morgan fingerprint density at radius 3 is 1.79 bits per heavy atom. The van der Waals surface area contributed by atoms with Gasteiger partial charge >= 0.3 is 0 Å². The molecule has 0 saturated carbocycles. The molecule has 1 N–H and O–H groups in total. The molecule has 6 aromatic rings. The number of nitrogens with zero attached hydrogens (tertiary/aromatic N) is 1. The molecule has 7 heteroatoms. The lowest BCUT2D eigenvalue weighted by molar-refractivity contribution is -0.116. The van der Waals surface area contributed by atoms with Crippen LogP contribution in [0.1, 0.15) is 21.1 Å². The fourth-order valence-corrected chi connectivity index (χ4v) is 8.09. The highest BCUT2D eigenvalue weighted by Crippen LogP contribution is 2.46. The van der Waals surface area contributed by atoms with E-state index in [1.165, 1.54) is 20.7 Å². The van der Waals surface area contributed by atoms with Crippen LogP contribution >= 0.6 is 34.0 Å². The van der Waals surface area contributed by atoms with Crippen molar-refractivity contribution in [1.29, 1.82) is 5.26 Å². The predicted octanol–water partition coefficient (Wildman–Crippen LogP) is 8.16. The quantitative estimate of drug-likeness (QED) is 0.233. The molecule has 0 atom stereocenters. The Bertz CT molecular complexity index is 1870. The van der Waals surface area contributed by atoms with E-state index < -0.39 is 0 Å². The van der Waals surface area contributed by atoms with Gasteiger partial charge in [-0.05, 0) is 58.1 Å². The maximum atomic E-state index is 12.9. The molecule has 39 heavy (non-hydrogen) atoms. The first-order chi connectivity index (χ1) is 19.1. The van der Waals surface area contributed by atoms with Gasteiger partial charge in [-0.3, -0.25) is 9.59 Å². The molecule has 0 unspecified atom stereocenters. The fourth-order valence-electron chi connectivity index (χ4n) is 5.05. The van der Waals surface area contributed by atoms with Crippen LogP contribution in [0.2, 0.25) is 0 Å². The summed E-state index contributed by atoms with van der Waals surface area (Å²) < 4.78 is 3.50. The van der Waals surface area contributed by atoms with Crippen LogP contribution in [0.25, 0.3) is 41.5 Å². The van der Waals surface area contributed by atoms with Gasteiger partial charge in [0.15, 0.2) is 5.78 Å². The van der Waals surface area contributed by atoms with Gasteiger partial charge in [0.25, 0.3) is 5.91 Å². The Hall–Kier alpha value is -4.35. The average Bonchev–Trinajstić information content (AvgIpc) is 3.76. The fraction of sp³-hybridized carbons (Fsp3) is 0.0312. The highest BCUT2D eigenvalue weighted by atomic mass is 32.1. The van der Waals surface area contributed by atoms with Crippen molar-refractivity contribution < 1.29 is 9.59 Å². The van der Waals surface area contributed by atoms with Gasteiger partial charge in [0, 0.05) is 25.4 Å². The Kier molecular flexibility index (Phi) is 5.75. The lowest BCUT2D eigenvalue weighted by Gasteiger charge is -2.02. The smallest absolute Gasteiger partial charge is 0.256 e.